The monoisotopic (exact) mass is 308 g/mol. The summed E-state index contributed by atoms with van der Waals surface area (Å²) in [5.74, 6) is 0. The second-order valence-electron chi connectivity index (χ2n) is 5.02. The molecule has 0 amide bonds. The summed E-state index contributed by atoms with van der Waals surface area (Å²) in [6, 6.07) is 3.98. The Hall–Kier alpha value is -0.840. The largest absolute Gasteiger partial charge is 0.394 e. The zero-order valence-electron chi connectivity index (χ0n) is 10.4. The first-order chi connectivity index (χ1) is 8.63. The number of halogens is 1. The highest BCUT2D eigenvalue weighted by molar-refractivity contribution is 9.10. The van der Waals surface area contributed by atoms with E-state index >= 15 is 0 Å². The van der Waals surface area contributed by atoms with Gasteiger partial charge in [0.05, 0.1) is 18.2 Å². The van der Waals surface area contributed by atoms with E-state index in [0.29, 0.717) is 0 Å². The second-order valence-corrected chi connectivity index (χ2v) is 5.81. The van der Waals surface area contributed by atoms with Gasteiger partial charge in [-0.1, -0.05) is 6.07 Å². The zero-order valence-corrected chi connectivity index (χ0v) is 12.0. The smallest absolute Gasteiger partial charge is 0.0624 e. The van der Waals surface area contributed by atoms with E-state index in [1.807, 2.05) is 0 Å². The number of hydrogen-bond acceptors (Lipinski definition) is 2. The normalized spacial score (nSPS) is 16.2. The van der Waals surface area contributed by atoms with Crippen molar-refractivity contribution in [2.24, 2.45) is 5.73 Å². The molecule has 1 atom stereocenters. The molecular weight excluding hydrogens is 292 g/mol. The van der Waals surface area contributed by atoms with Crippen LogP contribution in [-0.2, 0) is 13.0 Å². The number of rotatable bonds is 2. The first-order valence-electron chi connectivity index (χ1n) is 6.31. The number of benzene rings is 1. The summed E-state index contributed by atoms with van der Waals surface area (Å²) in [4.78, 5) is 0. The molecule has 3 N–H and O–H groups in total. The van der Waals surface area contributed by atoms with Crippen LogP contribution < -0.4 is 5.73 Å². The van der Waals surface area contributed by atoms with Crippen LogP contribution in [0.1, 0.15) is 29.3 Å². The number of nitrogens with zero attached hydrogens (tertiary/aromatic N) is 1. The average Bonchev–Trinajstić information content (AvgIpc) is 2.65. The lowest BCUT2D eigenvalue weighted by molar-refractivity contribution is 0.268. The Morgan fingerprint density at radius 3 is 3.00 bits per heavy atom. The molecule has 1 aromatic heterocycles. The van der Waals surface area contributed by atoms with Gasteiger partial charge in [0.1, 0.15) is 0 Å². The number of aryl methyl sites for hydroxylation is 2. The molecule has 0 fully saturated rings. The molecule has 2 aromatic rings. The maximum absolute atomic E-state index is 9.23. The Kier molecular flexibility index (Phi) is 2.96. The van der Waals surface area contributed by atoms with Crippen LogP contribution in [0.25, 0.3) is 10.9 Å². The third-order valence-electron chi connectivity index (χ3n) is 3.89. The highest BCUT2D eigenvalue weighted by Gasteiger charge is 2.20. The van der Waals surface area contributed by atoms with Gasteiger partial charge in [0.15, 0.2) is 0 Å². The number of nitrogens with two attached hydrogens (primary N) is 1. The summed E-state index contributed by atoms with van der Waals surface area (Å²) in [6.07, 6.45) is 2.26. The highest BCUT2D eigenvalue weighted by atomic mass is 79.9. The van der Waals surface area contributed by atoms with E-state index in [-0.39, 0.29) is 12.6 Å². The number of aromatic nitrogens is 1. The molecule has 0 aliphatic carbocycles. The summed E-state index contributed by atoms with van der Waals surface area (Å²) in [7, 11) is 0. The molecule has 18 heavy (non-hydrogen) atoms. The maximum Gasteiger partial charge on any atom is 0.0624 e. The van der Waals surface area contributed by atoms with Crippen molar-refractivity contribution in [3.8, 4) is 0 Å². The summed E-state index contributed by atoms with van der Waals surface area (Å²) in [6.45, 7) is 3.22. The third-order valence-corrected chi connectivity index (χ3v) is 4.89. The van der Waals surface area contributed by atoms with Gasteiger partial charge in [-0.15, -0.1) is 0 Å². The fraction of sp³-hybridized carbons (Fsp3) is 0.429. The minimum Gasteiger partial charge on any atom is -0.394 e. The molecule has 1 aromatic carbocycles. The van der Waals surface area contributed by atoms with Crippen molar-refractivity contribution >= 4 is 26.8 Å². The van der Waals surface area contributed by atoms with Crippen LogP contribution in [0.4, 0.5) is 0 Å². The van der Waals surface area contributed by atoms with Gasteiger partial charge in [-0.2, -0.15) is 0 Å². The summed E-state index contributed by atoms with van der Waals surface area (Å²) in [5.41, 5.74) is 10.9. The van der Waals surface area contributed by atoms with Crippen LogP contribution in [0.15, 0.2) is 16.6 Å². The van der Waals surface area contributed by atoms with Crippen molar-refractivity contribution in [3.63, 3.8) is 0 Å². The Morgan fingerprint density at radius 1 is 1.50 bits per heavy atom. The van der Waals surface area contributed by atoms with Gasteiger partial charge in [-0.3, -0.25) is 0 Å². The fourth-order valence-corrected chi connectivity index (χ4v) is 3.42. The molecule has 0 bridgehead atoms. The van der Waals surface area contributed by atoms with E-state index in [2.05, 4.69) is 39.6 Å². The summed E-state index contributed by atoms with van der Waals surface area (Å²) < 4.78 is 3.54. The van der Waals surface area contributed by atoms with E-state index in [1.165, 1.54) is 28.6 Å². The van der Waals surface area contributed by atoms with E-state index in [4.69, 9.17) is 5.73 Å². The van der Waals surface area contributed by atoms with Crippen LogP contribution in [0.3, 0.4) is 0 Å². The van der Waals surface area contributed by atoms with Gasteiger partial charge in [0.25, 0.3) is 0 Å². The minimum absolute atomic E-state index is 0.0117. The SMILES string of the molecule is Cc1c(Br)c2cc(C(N)CO)cc3c2n1CCC3. The number of aliphatic hydroxyl groups is 1. The van der Waals surface area contributed by atoms with Crippen molar-refractivity contribution in [2.75, 3.05) is 6.61 Å². The molecule has 0 radical (unpaired) electrons. The number of hydrogen-bond donors (Lipinski definition) is 2. The van der Waals surface area contributed by atoms with Crippen molar-refractivity contribution in [2.45, 2.75) is 32.4 Å². The van der Waals surface area contributed by atoms with Crippen LogP contribution >= 0.6 is 15.9 Å². The van der Waals surface area contributed by atoms with E-state index in [1.54, 1.807) is 0 Å². The average molecular weight is 309 g/mol. The Balaban J connectivity index is 2.33. The van der Waals surface area contributed by atoms with Crippen LogP contribution in [0.2, 0.25) is 0 Å². The molecule has 3 rings (SSSR count). The van der Waals surface area contributed by atoms with E-state index < -0.39 is 0 Å². The van der Waals surface area contributed by atoms with E-state index in [0.717, 1.165) is 23.0 Å². The van der Waals surface area contributed by atoms with Crippen molar-refractivity contribution in [1.82, 2.24) is 4.57 Å². The standard InChI is InChI=1S/C14H17BrN2O/c1-8-13(15)11-6-10(12(16)7-18)5-9-3-2-4-17(8)14(9)11/h5-6,12,18H,2-4,7,16H2,1H3. The van der Waals surface area contributed by atoms with Gasteiger partial charge in [0, 0.05) is 22.1 Å². The quantitative estimate of drug-likeness (QED) is 0.896. The fourth-order valence-electron chi connectivity index (χ4n) is 2.90. The van der Waals surface area contributed by atoms with Crippen molar-refractivity contribution < 1.29 is 5.11 Å². The van der Waals surface area contributed by atoms with Crippen molar-refractivity contribution in [1.29, 1.82) is 0 Å². The first kappa shape index (κ1) is 12.2. The van der Waals surface area contributed by atoms with Gasteiger partial charge in [0.2, 0.25) is 0 Å². The molecule has 4 heteroatoms. The van der Waals surface area contributed by atoms with E-state index in [9.17, 15) is 5.11 Å². The predicted octanol–water partition coefficient (Wildman–Crippen LogP) is 2.65. The molecular formula is C14H17BrN2O. The Bertz CT molecular complexity index is 618. The number of aliphatic hydroxyl groups excluding tert-OH is 1. The second kappa shape index (κ2) is 4.37. The van der Waals surface area contributed by atoms with Crippen LogP contribution in [0.5, 0.6) is 0 Å². The summed E-state index contributed by atoms with van der Waals surface area (Å²) in [5, 5.41) is 10.5. The first-order valence-corrected chi connectivity index (χ1v) is 7.10. The lowest BCUT2D eigenvalue weighted by atomic mass is 9.97. The maximum atomic E-state index is 9.23. The van der Waals surface area contributed by atoms with Gasteiger partial charge >= 0.3 is 0 Å². The topological polar surface area (TPSA) is 51.2 Å². The predicted molar refractivity (Wildman–Crippen MR) is 76.7 cm³/mol. The van der Waals surface area contributed by atoms with Gasteiger partial charge in [-0.25, -0.2) is 0 Å². The Morgan fingerprint density at radius 2 is 2.28 bits per heavy atom. The molecule has 96 valence electrons. The molecule has 0 spiro atoms. The molecule has 0 saturated carbocycles. The summed E-state index contributed by atoms with van der Waals surface area (Å²) >= 11 is 3.69. The third kappa shape index (κ3) is 1.63. The minimum atomic E-state index is -0.289. The van der Waals surface area contributed by atoms with Crippen LogP contribution in [0, 0.1) is 6.92 Å². The zero-order chi connectivity index (χ0) is 12.9. The molecule has 3 nitrogen and oxygen atoms in total. The molecule has 1 aliphatic rings. The van der Waals surface area contributed by atoms with Gasteiger partial charge in [-0.05, 0) is 52.9 Å². The lowest BCUT2D eigenvalue weighted by Gasteiger charge is -2.19. The molecule has 2 heterocycles. The van der Waals surface area contributed by atoms with Crippen molar-refractivity contribution in [3.05, 3.63) is 33.4 Å². The molecule has 0 saturated heterocycles. The molecule has 1 aliphatic heterocycles. The molecule has 1 unspecified atom stereocenters. The Labute approximate surface area is 115 Å². The highest BCUT2D eigenvalue weighted by Crippen LogP contribution is 2.37. The van der Waals surface area contributed by atoms with Gasteiger partial charge < -0.3 is 15.4 Å². The van der Waals surface area contributed by atoms with Crippen LogP contribution in [-0.4, -0.2) is 16.3 Å². The lowest BCUT2D eigenvalue weighted by Crippen LogP contribution is -2.16.